The highest BCUT2D eigenvalue weighted by Gasteiger charge is 2.55. The third-order valence-electron chi connectivity index (χ3n) is 7.33. The van der Waals surface area contributed by atoms with Crippen molar-refractivity contribution in [3.63, 3.8) is 0 Å². The third kappa shape index (κ3) is 5.23. The van der Waals surface area contributed by atoms with Crippen molar-refractivity contribution in [1.29, 1.82) is 0 Å². The number of ether oxygens (including phenoxy) is 1. The van der Waals surface area contributed by atoms with Gasteiger partial charge >= 0.3 is 0 Å². The highest BCUT2D eigenvalue weighted by atomic mass is 32.2. The van der Waals surface area contributed by atoms with Crippen LogP contribution in [0.25, 0.3) is 0 Å². The lowest BCUT2D eigenvalue weighted by atomic mass is 9.52. The van der Waals surface area contributed by atoms with Crippen LogP contribution in [0.1, 0.15) is 70.4 Å². The number of carbonyl (C=O) groups excluding carboxylic acids is 2. The number of carbonyl (C=O) groups is 2. The molecule has 9 nitrogen and oxygen atoms in total. The van der Waals surface area contributed by atoms with Crippen molar-refractivity contribution in [1.82, 2.24) is 15.8 Å². The van der Waals surface area contributed by atoms with Crippen LogP contribution in [-0.4, -0.2) is 58.7 Å². The van der Waals surface area contributed by atoms with Gasteiger partial charge in [0.1, 0.15) is 11.5 Å². The van der Waals surface area contributed by atoms with Crippen molar-refractivity contribution in [2.75, 3.05) is 19.7 Å². The summed E-state index contributed by atoms with van der Waals surface area (Å²) < 4.78 is 11.4. The van der Waals surface area contributed by atoms with Crippen LogP contribution < -0.4 is 21.1 Å². The smallest absolute Gasteiger partial charge is 0.291 e. The van der Waals surface area contributed by atoms with Gasteiger partial charge in [-0.3, -0.25) is 9.59 Å². The van der Waals surface area contributed by atoms with E-state index in [1.807, 2.05) is 13.8 Å². The van der Waals surface area contributed by atoms with Crippen LogP contribution in [0.5, 0.6) is 5.88 Å². The number of nitrogens with zero attached hydrogens (tertiary/aromatic N) is 1. The number of aliphatic hydroxyl groups is 1. The van der Waals surface area contributed by atoms with E-state index < -0.39 is 11.0 Å². The Morgan fingerprint density at radius 3 is 2.56 bits per heavy atom. The minimum Gasteiger partial charge on any atom is -0.474 e. The molecule has 4 bridgehead atoms. The zero-order chi connectivity index (χ0) is 24.7. The first kappa shape index (κ1) is 25.3. The third-order valence-corrected chi connectivity index (χ3v) is 8.40. The lowest BCUT2D eigenvalue weighted by Crippen LogP contribution is -2.61. The molecule has 34 heavy (non-hydrogen) atoms. The van der Waals surface area contributed by atoms with Gasteiger partial charge in [-0.2, -0.15) is 0 Å². The van der Waals surface area contributed by atoms with E-state index >= 15 is 0 Å². The van der Waals surface area contributed by atoms with Crippen molar-refractivity contribution >= 4 is 23.6 Å². The number of hydrogen-bond acceptors (Lipinski definition) is 8. The van der Waals surface area contributed by atoms with Crippen LogP contribution in [0.2, 0.25) is 0 Å². The van der Waals surface area contributed by atoms with Crippen LogP contribution in [0.4, 0.5) is 0 Å². The fourth-order valence-electron chi connectivity index (χ4n) is 6.02. The molecule has 1 aromatic rings. The Balaban J connectivity index is 1.46. The molecule has 190 valence electrons. The summed E-state index contributed by atoms with van der Waals surface area (Å²) in [6.07, 6.45) is 4.53. The molecule has 0 aliphatic heterocycles. The molecule has 0 radical (unpaired) electrons. The van der Waals surface area contributed by atoms with Gasteiger partial charge in [-0.25, -0.2) is 0 Å². The minimum atomic E-state index is -0.809. The van der Waals surface area contributed by atoms with E-state index in [2.05, 4.69) is 15.8 Å². The summed E-state index contributed by atoms with van der Waals surface area (Å²) in [5.41, 5.74) is 4.12. The SMILES string of the molecule is CC(C)Sc1c(OCC(C)(C)C(=O)NCCN)noc1C(=O)N[C@H]1C2CC3CC1C[C@](O)(C3)C2. The maximum absolute atomic E-state index is 13.3. The molecule has 0 spiro atoms. The van der Waals surface area contributed by atoms with Gasteiger partial charge in [-0.05, 0) is 68.9 Å². The lowest BCUT2D eigenvalue weighted by Gasteiger charge is -2.58. The molecule has 10 heteroatoms. The maximum atomic E-state index is 13.3. The van der Waals surface area contributed by atoms with E-state index in [0.29, 0.717) is 35.7 Å². The predicted molar refractivity (Wildman–Crippen MR) is 129 cm³/mol. The molecule has 5 rings (SSSR count). The molecule has 4 aliphatic carbocycles. The number of nitrogens with one attached hydrogen (secondary N) is 2. The normalized spacial score (nSPS) is 30.0. The number of thioether (sulfide) groups is 1. The van der Waals surface area contributed by atoms with Crippen molar-refractivity contribution in [3.8, 4) is 5.88 Å². The molecule has 2 atom stereocenters. The second-order valence-electron chi connectivity index (χ2n) is 11.2. The van der Waals surface area contributed by atoms with Gasteiger partial charge in [0.25, 0.3) is 11.8 Å². The number of amides is 2. The number of rotatable bonds is 10. The highest BCUT2D eigenvalue weighted by molar-refractivity contribution is 8.00. The highest BCUT2D eigenvalue weighted by Crippen LogP contribution is 2.55. The van der Waals surface area contributed by atoms with Crippen molar-refractivity contribution in [2.24, 2.45) is 28.9 Å². The van der Waals surface area contributed by atoms with Crippen LogP contribution in [0.3, 0.4) is 0 Å². The molecule has 5 N–H and O–H groups in total. The second-order valence-corrected chi connectivity index (χ2v) is 12.8. The Kier molecular flexibility index (Phi) is 7.22. The minimum absolute atomic E-state index is 0.0425. The first-order valence-electron chi connectivity index (χ1n) is 12.3. The first-order chi connectivity index (χ1) is 16.0. The van der Waals surface area contributed by atoms with Gasteiger partial charge in [-0.1, -0.05) is 13.8 Å². The Morgan fingerprint density at radius 1 is 1.29 bits per heavy atom. The van der Waals surface area contributed by atoms with E-state index in [1.165, 1.54) is 11.8 Å². The van der Waals surface area contributed by atoms with Crippen LogP contribution >= 0.6 is 11.8 Å². The van der Waals surface area contributed by atoms with Crippen LogP contribution in [0.15, 0.2) is 9.42 Å². The molecular weight excluding hydrogens is 456 g/mol. The van der Waals surface area contributed by atoms with Crippen LogP contribution in [0, 0.1) is 23.2 Å². The van der Waals surface area contributed by atoms with Gasteiger partial charge in [0.15, 0.2) is 0 Å². The van der Waals surface area contributed by atoms with E-state index in [0.717, 1.165) is 32.1 Å². The summed E-state index contributed by atoms with van der Waals surface area (Å²) in [6, 6.07) is 0.0425. The number of nitrogens with two attached hydrogens (primary N) is 1. The lowest BCUT2D eigenvalue weighted by molar-refractivity contribution is -0.137. The van der Waals surface area contributed by atoms with Gasteiger partial charge in [0.05, 0.1) is 11.0 Å². The molecular formula is C24H38N4O5S. The fraction of sp³-hybridized carbons (Fsp3) is 0.792. The van der Waals surface area contributed by atoms with Crippen molar-refractivity contribution < 1.29 is 24.0 Å². The Hall–Kier alpha value is -1.78. The monoisotopic (exact) mass is 494 g/mol. The summed E-state index contributed by atoms with van der Waals surface area (Å²) in [5, 5.41) is 21.0. The van der Waals surface area contributed by atoms with Gasteiger partial charge in [-0.15, -0.1) is 11.8 Å². The van der Waals surface area contributed by atoms with E-state index in [-0.39, 0.29) is 41.4 Å². The van der Waals surface area contributed by atoms with Gasteiger partial charge in [0, 0.05) is 24.4 Å². The Labute approximate surface area is 205 Å². The van der Waals surface area contributed by atoms with Crippen molar-refractivity contribution in [3.05, 3.63) is 5.76 Å². The van der Waals surface area contributed by atoms with Crippen LogP contribution in [-0.2, 0) is 4.79 Å². The summed E-state index contributed by atoms with van der Waals surface area (Å²) in [6.45, 7) is 8.44. The quantitative estimate of drug-likeness (QED) is 0.363. The summed E-state index contributed by atoms with van der Waals surface area (Å²) in [5.74, 6) is 1.07. The summed E-state index contributed by atoms with van der Waals surface area (Å²) in [7, 11) is 0. The molecule has 1 aromatic heterocycles. The van der Waals surface area contributed by atoms with E-state index in [4.69, 9.17) is 15.0 Å². The predicted octanol–water partition coefficient (Wildman–Crippen LogP) is 2.32. The maximum Gasteiger partial charge on any atom is 0.291 e. The average molecular weight is 495 g/mol. The molecule has 1 heterocycles. The Bertz CT molecular complexity index is 901. The van der Waals surface area contributed by atoms with E-state index in [9.17, 15) is 14.7 Å². The van der Waals surface area contributed by atoms with E-state index in [1.54, 1.807) is 13.8 Å². The standard InChI is InChI=1S/C24H38N4O5S/c1-13(2)34-19-18(33-28-21(19)32-12-23(3,4)22(30)26-6-5-25)20(29)27-17-15-7-14-8-16(17)11-24(31,9-14)10-15/h13-17,31H,5-12,25H2,1-4H3,(H,26,30)(H,27,29)/t14?,15?,16?,17-,24-. The molecule has 0 aromatic carbocycles. The summed E-state index contributed by atoms with van der Waals surface area (Å²) in [4.78, 5) is 26.3. The van der Waals surface area contributed by atoms with Gasteiger partial charge < -0.3 is 30.7 Å². The Morgan fingerprint density at radius 2 is 1.97 bits per heavy atom. The second kappa shape index (κ2) is 9.70. The molecule has 4 aliphatic rings. The fourth-order valence-corrected chi connectivity index (χ4v) is 6.92. The molecule has 4 fully saturated rings. The zero-order valence-electron chi connectivity index (χ0n) is 20.6. The topological polar surface area (TPSA) is 140 Å². The number of hydrogen-bond donors (Lipinski definition) is 4. The molecule has 0 saturated heterocycles. The molecule has 4 saturated carbocycles. The van der Waals surface area contributed by atoms with Crippen molar-refractivity contribution in [2.45, 2.75) is 81.6 Å². The summed E-state index contributed by atoms with van der Waals surface area (Å²) >= 11 is 1.45. The average Bonchev–Trinajstić information content (AvgIpc) is 3.13. The molecule has 2 unspecified atom stereocenters. The largest absolute Gasteiger partial charge is 0.474 e. The molecule has 2 amide bonds. The van der Waals surface area contributed by atoms with Gasteiger partial charge in [0.2, 0.25) is 11.7 Å². The number of aromatic nitrogens is 1. The zero-order valence-corrected chi connectivity index (χ0v) is 21.4. The first-order valence-corrected chi connectivity index (χ1v) is 13.2.